The van der Waals surface area contributed by atoms with Crippen LogP contribution in [-0.4, -0.2) is 21.5 Å². The second-order valence-electron chi connectivity index (χ2n) is 5.39. The molecule has 2 rings (SSSR count). The second-order valence-corrected chi connectivity index (χ2v) is 5.39. The summed E-state index contributed by atoms with van der Waals surface area (Å²) in [5, 5.41) is 11.5. The van der Waals surface area contributed by atoms with Gasteiger partial charge >= 0.3 is 0 Å². The Labute approximate surface area is 126 Å². The van der Waals surface area contributed by atoms with Crippen LogP contribution in [-0.2, 0) is 13.7 Å². The molecule has 1 aromatic heterocycles. The molecule has 0 spiro atoms. The van der Waals surface area contributed by atoms with Crippen LogP contribution in [0.4, 0.5) is 0 Å². The number of nitrogens with zero attached hydrogens (tertiary/aromatic N) is 3. The summed E-state index contributed by atoms with van der Waals surface area (Å²) in [6.45, 7) is 7.87. The molecule has 114 valence electrons. The maximum absolute atomic E-state index is 5.94. The van der Waals surface area contributed by atoms with Gasteiger partial charge in [0.05, 0.1) is 6.20 Å². The molecule has 0 saturated heterocycles. The Balaban J connectivity index is 2.10. The Kier molecular flexibility index (Phi) is 5.33. The molecule has 1 unspecified atom stereocenters. The molecule has 0 bridgehead atoms. The summed E-state index contributed by atoms with van der Waals surface area (Å²) in [5.74, 6) is 0.905. The van der Waals surface area contributed by atoms with E-state index in [1.807, 2.05) is 19.3 Å². The summed E-state index contributed by atoms with van der Waals surface area (Å²) >= 11 is 0. The van der Waals surface area contributed by atoms with Crippen LogP contribution in [0.25, 0.3) is 0 Å². The zero-order chi connectivity index (χ0) is 15.2. The van der Waals surface area contributed by atoms with Crippen LogP contribution in [0, 0.1) is 6.92 Å². The molecule has 0 fully saturated rings. The zero-order valence-corrected chi connectivity index (χ0v) is 13.3. The lowest BCUT2D eigenvalue weighted by atomic mass is 10.0. The van der Waals surface area contributed by atoms with E-state index in [2.05, 4.69) is 48.5 Å². The Bertz CT molecular complexity index is 579. The van der Waals surface area contributed by atoms with Gasteiger partial charge in [0.1, 0.15) is 18.1 Å². The first-order chi connectivity index (χ1) is 10.1. The average Bonchev–Trinajstić information content (AvgIpc) is 2.89. The molecular formula is C16H24N4O. The van der Waals surface area contributed by atoms with E-state index in [1.54, 1.807) is 4.68 Å². The minimum Gasteiger partial charge on any atom is -0.487 e. The van der Waals surface area contributed by atoms with Crippen molar-refractivity contribution in [2.45, 2.75) is 39.8 Å². The fourth-order valence-electron chi connectivity index (χ4n) is 2.22. The molecule has 2 aromatic rings. The maximum atomic E-state index is 5.94. The SMILES string of the molecule is CCCNC(C)c1cc(C)ccc1OCc1cn(C)nn1. The van der Waals surface area contributed by atoms with Crippen molar-refractivity contribution in [1.29, 1.82) is 0 Å². The van der Waals surface area contributed by atoms with Crippen molar-refractivity contribution in [3.63, 3.8) is 0 Å². The highest BCUT2D eigenvalue weighted by molar-refractivity contribution is 5.39. The number of benzene rings is 1. The summed E-state index contributed by atoms with van der Waals surface area (Å²) < 4.78 is 7.62. The molecule has 0 aliphatic heterocycles. The largest absolute Gasteiger partial charge is 0.487 e. The summed E-state index contributed by atoms with van der Waals surface area (Å²) in [4.78, 5) is 0. The van der Waals surface area contributed by atoms with Crippen molar-refractivity contribution >= 4 is 0 Å². The van der Waals surface area contributed by atoms with E-state index >= 15 is 0 Å². The molecule has 1 aromatic carbocycles. The quantitative estimate of drug-likeness (QED) is 0.851. The Hall–Kier alpha value is -1.88. The van der Waals surface area contributed by atoms with Gasteiger partial charge in [-0.25, -0.2) is 0 Å². The lowest BCUT2D eigenvalue weighted by Gasteiger charge is -2.18. The minimum atomic E-state index is 0.265. The molecule has 21 heavy (non-hydrogen) atoms. The molecule has 1 atom stereocenters. The van der Waals surface area contributed by atoms with Gasteiger partial charge in [0.15, 0.2) is 0 Å². The Morgan fingerprint density at radius 3 is 2.86 bits per heavy atom. The highest BCUT2D eigenvalue weighted by Gasteiger charge is 2.12. The lowest BCUT2D eigenvalue weighted by Crippen LogP contribution is -2.20. The molecule has 1 heterocycles. The van der Waals surface area contributed by atoms with Crippen molar-refractivity contribution in [3.05, 3.63) is 41.2 Å². The van der Waals surface area contributed by atoms with Gasteiger partial charge in [-0.05, 0) is 32.9 Å². The highest BCUT2D eigenvalue weighted by Crippen LogP contribution is 2.27. The molecule has 0 aliphatic rings. The van der Waals surface area contributed by atoms with Crippen molar-refractivity contribution in [2.75, 3.05) is 6.54 Å². The second kappa shape index (κ2) is 7.22. The van der Waals surface area contributed by atoms with Crippen LogP contribution in [0.5, 0.6) is 5.75 Å². The third kappa shape index (κ3) is 4.29. The molecule has 0 saturated carbocycles. The van der Waals surface area contributed by atoms with Crippen LogP contribution in [0.2, 0.25) is 0 Å². The van der Waals surface area contributed by atoms with E-state index in [-0.39, 0.29) is 6.04 Å². The molecule has 5 nitrogen and oxygen atoms in total. The molecule has 0 amide bonds. The van der Waals surface area contributed by atoms with E-state index in [9.17, 15) is 0 Å². The van der Waals surface area contributed by atoms with Gasteiger partial charge in [-0.1, -0.05) is 29.8 Å². The topological polar surface area (TPSA) is 52.0 Å². The third-order valence-electron chi connectivity index (χ3n) is 3.36. The molecule has 0 radical (unpaired) electrons. The van der Waals surface area contributed by atoms with Crippen LogP contribution in [0.15, 0.2) is 24.4 Å². The number of aryl methyl sites for hydroxylation is 2. The van der Waals surface area contributed by atoms with Crippen molar-refractivity contribution in [2.24, 2.45) is 7.05 Å². The number of rotatable bonds is 7. The first kappa shape index (κ1) is 15.5. The van der Waals surface area contributed by atoms with E-state index < -0.39 is 0 Å². The lowest BCUT2D eigenvalue weighted by molar-refractivity contribution is 0.295. The first-order valence-corrected chi connectivity index (χ1v) is 7.42. The summed E-state index contributed by atoms with van der Waals surface area (Å²) in [6.07, 6.45) is 2.98. The summed E-state index contributed by atoms with van der Waals surface area (Å²) in [7, 11) is 1.85. The average molecular weight is 288 g/mol. The normalized spacial score (nSPS) is 12.4. The molecular weight excluding hydrogens is 264 g/mol. The molecule has 1 N–H and O–H groups in total. The van der Waals surface area contributed by atoms with E-state index in [0.29, 0.717) is 6.61 Å². The van der Waals surface area contributed by atoms with E-state index in [0.717, 1.165) is 24.4 Å². The fraction of sp³-hybridized carbons (Fsp3) is 0.500. The Morgan fingerprint density at radius 2 is 2.19 bits per heavy atom. The van der Waals surface area contributed by atoms with Crippen molar-refractivity contribution in [3.8, 4) is 5.75 Å². The highest BCUT2D eigenvalue weighted by atomic mass is 16.5. The number of nitrogens with one attached hydrogen (secondary N) is 1. The van der Waals surface area contributed by atoms with Gasteiger partial charge in [-0.2, -0.15) is 0 Å². The standard InChI is InChI=1S/C16H24N4O/c1-5-8-17-13(3)15-9-12(2)6-7-16(15)21-11-14-10-20(4)19-18-14/h6-7,9-10,13,17H,5,8,11H2,1-4H3. The molecule has 5 heteroatoms. The summed E-state index contributed by atoms with van der Waals surface area (Å²) in [6, 6.07) is 6.55. The predicted molar refractivity (Wildman–Crippen MR) is 83.2 cm³/mol. The maximum Gasteiger partial charge on any atom is 0.134 e. The number of ether oxygens (including phenoxy) is 1. The van der Waals surface area contributed by atoms with Crippen LogP contribution in [0.1, 0.15) is 43.1 Å². The van der Waals surface area contributed by atoms with Gasteiger partial charge in [0.2, 0.25) is 0 Å². The summed E-state index contributed by atoms with van der Waals surface area (Å²) in [5.41, 5.74) is 3.26. The molecule has 0 aliphatic carbocycles. The first-order valence-electron chi connectivity index (χ1n) is 7.42. The van der Waals surface area contributed by atoms with Crippen molar-refractivity contribution in [1.82, 2.24) is 20.3 Å². The number of hydrogen-bond donors (Lipinski definition) is 1. The van der Waals surface area contributed by atoms with E-state index in [4.69, 9.17) is 4.74 Å². The van der Waals surface area contributed by atoms with E-state index in [1.165, 1.54) is 11.1 Å². The van der Waals surface area contributed by atoms with Gasteiger partial charge < -0.3 is 10.1 Å². The Morgan fingerprint density at radius 1 is 1.38 bits per heavy atom. The minimum absolute atomic E-state index is 0.265. The predicted octanol–water partition coefficient (Wildman–Crippen LogP) is 2.76. The van der Waals surface area contributed by atoms with Crippen molar-refractivity contribution < 1.29 is 4.74 Å². The van der Waals surface area contributed by atoms with Gasteiger partial charge in [-0.15, -0.1) is 5.10 Å². The monoisotopic (exact) mass is 288 g/mol. The van der Waals surface area contributed by atoms with Gasteiger partial charge in [0, 0.05) is 18.7 Å². The number of hydrogen-bond acceptors (Lipinski definition) is 4. The smallest absolute Gasteiger partial charge is 0.134 e. The van der Waals surface area contributed by atoms with Gasteiger partial charge in [0.25, 0.3) is 0 Å². The van der Waals surface area contributed by atoms with Gasteiger partial charge in [-0.3, -0.25) is 4.68 Å². The fourth-order valence-corrected chi connectivity index (χ4v) is 2.22. The third-order valence-corrected chi connectivity index (χ3v) is 3.36. The van der Waals surface area contributed by atoms with Crippen LogP contribution < -0.4 is 10.1 Å². The zero-order valence-electron chi connectivity index (χ0n) is 13.3. The van der Waals surface area contributed by atoms with Crippen LogP contribution >= 0.6 is 0 Å². The van der Waals surface area contributed by atoms with Crippen LogP contribution in [0.3, 0.4) is 0 Å². The number of aromatic nitrogens is 3.